The number of para-hydroxylation sites is 2. The zero-order valence-electron chi connectivity index (χ0n) is 14.2. The number of nitro groups is 1. The number of nitrogens with one attached hydrogen (secondary N) is 1. The number of aromatic nitrogens is 1. The van der Waals surface area contributed by atoms with E-state index in [4.69, 9.17) is 9.47 Å². The van der Waals surface area contributed by atoms with E-state index in [1.165, 1.54) is 23.5 Å². The van der Waals surface area contributed by atoms with Crippen LogP contribution in [0.1, 0.15) is 5.01 Å². The average Bonchev–Trinajstić information content (AvgIpc) is 3.37. The van der Waals surface area contributed by atoms with Gasteiger partial charge >= 0.3 is 0 Å². The average molecular weight is 393 g/mol. The molecule has 2 aromatic carbocycles. The van der Waals surface area contributed by atoms with E-state index >= 15 is 0 Å². The molecule has 1 aliphatic rings. The van der Waals surface area contributed by atoms with Gasteiger partial charge in [-0.3, -0.25) is 15.5 Å². The summed E-state index contributed by atoms with van der Waals surface area (Å²) in [4.78, 5) is 15.0. The summed E-state index contributed by atoms with van der Waals surface area (Å²) >= 11 is 1.25. The molecule has 1 N–H and O–H groups in total. The fourth-order valence-electron chi connectivity index (χ4n) is 2.54. The van der Waals surface area contributed by atoms with Gasteiger partial charge in [-0.15, -0.1) is 11.3 Å². The van der Waals surface area contributed by atoms with E-state index in [1.54, 1.807) is 23.6 Å². The van der Waals surface area contributed by atoms with Gasteiger partial charge in [-0.1, -0.05) is 12.1 Å². The number of anilines is 1. The second-order valence-corrected chi connectivity index (χ2v) is 6.42. The second-order valence-electron chi connectivity index (χ2n) is 5.56. The van der Waals surface area contributed by atoms with Crippen molar-refractivity contribution in [2.75, 3.05) is 12.2 Å². The first-order valence-electron chi connectivity index (χ1n) is 7.99. The highest BCUT2D eigenvalue weighted by atomic mass is 32.1. The van der Waals surface area contributed by atoms with Gasteiger partial charge in [0.25, 0.3) is 5.69 Å². The van der Waals surface area contributed by atoms with Gasteiger partial charge in [-0.25, -0.2) is 4.98 Å². The molecule has 1 aliphatic heterocycles. The monoisotopic (exact) mass is 393 g/mol. The SMILES string of the molecule is N#CC(=NNc1ccccc1[N+](=O)[O-])c1nc(-c2ccc3c(c2)OCO3)cs1. The maximum atomic E-state index is 11.1. The summed E-state index contributed by atoms with van der Waals surface area (Å²) in [6.07, 6.45) is 0. The topological polar surface area (TPSA) is 123 Å². The zero-order chi connectivity index (χ0) is 19.5. The van der Waals surface area contributed by atoms with Gasteiger partial charge in [0.05, 0.1) is 10.6 Å². The van der Waals surface area contributed by atoms with Crippen molar-refractivity contribution in [3.8, 4) is 28.8 Å². The van der Waals surface area contributed by atoms with Crippen molar-refractivity contribution >= 4 is 28.4 Å². The third-order valence-corrected chi connectivity index (χ3v) is 4.72. The molecule has 0 spiro atoms. The van der Waals surface area contributed by atoms with Gasteiger partial charge in [0.1, 0.15) is 11.8 Å². The maximum Gasteiger partial charge on any atom is 0.294 e. The van der Waals surface area contributed by atoms with Crippen LogP contribution in [0.4, 0.5) is 11.4 Å². The molecule has 9 nitrogen and oxygen atoms in total. The predicted octanol–water partition coefficient (Wildman–Crippen LogP) is 3.79. The Kier molecular flexibility index (Phi) is 4.57. The highest BCUT2D eigenvalue weighted by Gasteiger charge is 2.17. The Bertz CT molecular complexity index is 1130. The largest absolute Gasteiger partial charge is 0.454 e. The van der Waals surface area contributed by atoms with Crippen molar-refractivity contribution in [2.45, 2.75) is 0 Å². The smallest absolute Gasteiger partial charge is 0.294 e. The first-order valence-corrected chi connectivity index (χ1v) is 8.87. The number of ether oxygens (including phenoxy) is 2. The number of hydrogen-bond donors (Lipinski definition) is 1. The minimum atomic E-state index is -0.523. The van der Waals surface area contributed by atoms with Crippen molar-refractivity contribution in [3.05, 3.63) is 63.0 Å². The van der Waals surface area contributed by atoms with E-state index in [-0.39, 0.29) is 23.9 Å². The molecule has 0 unspecified atom stereocenters. The van der Waals surface area contributed by atoms with Gasteiger partial charge in [0.15, 0.2) is 22.2 Å². The summed E-state index contributed by atoms with van der Waals surface area (Å²) in [6.45, 7) is 0.184. The fraction of sp³-hybridized carbons (Fsp3) is 0.0556. The molecule has 0 saturated heterocycles. The van der Waals surface area contributed by atoms with Crippen molar-refractivity contribution in [1.82, 2.24) is 4.98 Å². The first-order chi connectivity index (χ1) is 13.7. The minimum Gasteiger partial charge on any atom is -0.454 e. The van der Waals surface area contributed by atoms with Crippen LogP contribution in [0.3, 0.4) is 0 Å². The summed E-state index contributed by atoms with van der Waals surface area (Å²) in [6, 6.07) is 13.5. The quantitative estimate of drug-likeness (QED) is 0.397. The number of nitriles is 1. The van der Waals surface area contributed by atoms with Crippen LogP contribution in [0.2, 0.25) is 0 Å². The number of hydrazone groups is 1. The van der Waals surface area contributed by atoms with E-state index in [2.05, 4.69) is 15.5 Å². The third-order valence-electron chi connectivity index (χ3n) is 3.87. The molecular formula is C18H11N5O4S. The molecule has 28 heavy (non-hydrogen) atoms. The Labute approximate surface area is 162 Å². The summed E-state index contributed by atoms with van der Waals surface area (Å²) in [5.41, 5.74) is 4.13. The van der Waals surface area contributed by atoms with Crippen LogP contribution in [-0.2, 0) is 0 Å². The van der Waals surface area contributed by atoms with Gasteiger partial charge in [-0.05, 0) is 24.3 Å². The summed E-state index contributed by atoms with van der Waals surface area (Å²) < 4.78 is 10.7. The molecule has 1 aromatic heterocycles. The normalized spacial score (nSPS) is 12.5. The molecule has 0 atom stereocenters. The lowest BCUT2D eigenvalue weighted by molar-refractivity contribution is -0.384. The number of fused-ring (bicyclic) bond motifs is 1. The van der Waals surface area contributed by atoms with Crippen molar-refractivity contribution in [2.24, 2.45) is 5.10 Å². The van der Waals surface area contributed by atoms with E-state index in [0.29, 0.717) is 22.2 Å². The molecule has 3 aromatic rings. The van der Waals surface area contributed by atoms with Crippen LogP contribution in [-0.4, -0.2) is 22.4 Å². The van der Waals surface area contributed by atoms with E-state index in [0.717, 1.165) is 5.56 Å². The Balaban J connectivity index is 1.59. The molecule has 0 saturated carbocycles. The van der Waals surface area contributed by atoms with Crippen molar-refractivity contribution in [1.29, 1.82) is 5.26 Å². The van der Waals surface area contributed by atoms with Crippen LogP contribution < -0.4 is 14.9 Å². The lowest BCUT2D eigenvalue weighted by atomic mass is 10.1. The molecular weight excluding hydrogens is 382 g/mol. The van der Waals surface area contributed by atoms with Gasteiger partial charge in [-0.2, -0.15) is 10.4 Å². The molecule has 0 aliphatic carbocycles. The standard InChI is InChI=1S/C18H11N5O4S/c19-8-13(22-21-12-3-1-2-4-15(12)23(24)25)18-20-14(9-28-18)11-5-6-16-17(7-11)27-10-26-16/h1-7,9,21H,10H2. The molecule has 0 radical (unpaired) electrons. The maximum absolute atomic E-state index is 11.1. The Hall–Kier alpha value is -3.97. The lowest BCUT2D eigenvalue weighted by Gasteiger charge is -2.02. The van der Waals surface area contributed by atoms with Crippen LogP contribution in [0, 0.1) is 21.4 Å². The van der Waals surface area contributed by atoms with Crippen LogP contribution in [0.15, 0.2) is 52.9 Å². The predicted molar refractivity (Wildman–Crippen MR) is 103 cm³/mol. The zero-order valence-corrected chi connectivity index (χ0v) is 15.0. The number of nitrogens with zero attached hydrogens (tertiary/aromatic N) is 4. The second kappa shape index (κ2) is 7.34. The van der Waals surface area contributed by atoms with Crippen LogP contribution >= 0.6 is 11.3 Å². The summed E-state index contributed by atoms with van der Waals surface area (Å²) in [5, 5.41) is 26.7. The lowest BCUT2D eigenvalue weighted by Crippen LogP contribution is -2.03. The number of thiazole rings is 1. The molecule has 138 valence electrons. The molecule has 4 rings (SSSR count). The molecule has 0 fully saturated rings. The van der Waals surface area contributed by atoms with Gasteiger partial charge in [0.2, 0.25) is 6.79 Å². The van der Waals surface area contributed by atoms with Crippen LogP contribution in [0.5, 0.6) is 11.5 Å². The molecule has 0 amide bonds. The number of rotatable bonds is 5. The van der Waals surface area contributed by atoms with Gasteiger partial charge < -0.3 is 9.47 Å². The van der Waals surface area contributed by atoms with E-state index in [1.807, 2.05) is 18.2 Å². The van der Waals surface area contributed by atoms with Crippen molar-refractivity contribution in [3.63, 3.8) is 0 Å². The fourth-order valence-corrected chi connectivity index (χ4v) is 3.30. The number of benzene rings is 2. The Morgan fingerprint density at radius 3 is 2.93 bits per heavy atom. The number of hydrogen-bond acceptors (Lipinski definition) is 9. The highest BCUT2D eigenvalue weighted by Crippen LogP contribution is 2.36. The van der Waals surface area contributed by atoms with Crippen LogP contribution in [0.25, 0.3) is 11.3 Å². The highest BCUT2D eigenvalue weighted by molar-refractivity contribution is 7.12. The molecule has 0 bridgehead atoms. The Morgan fingerprint density at radius 1 is 1.29 bits per heavy atom. The van der Waals surface area contributed by atoms with E-state index in [9.17, 15) is 15.4 Å². The molecule has 10 heteroatoms. The third kappa shape index (κ3) is 3.34. The van der Waals surface area contributed by atoms with E-state index < -0.39 is 4.92 Å². The summed E-state index contributed by atoms with van der Waals surface area (Å²) in [5.74, 6) is 1.31. The summed E-state index contributed by atoms with van der Waals surface area (Å²) in [7, 11) is 0. The number of nitro benzene ring substituents is 1. The van der Waals surface area contributed by atoms with Gasteiger partial charge in [0, 0.05) is 17.0 Å². The Morgan fingerprint density at radius 2 is 2.11 bits per heavy atom. The molecule has 2 heterocycles. The minimum absolute atomic E-state index is 0.0233. The first kappa shape index (κ1) is 17.4. The van der Waals surface area contributed by atoms with Crippen molar-refractivity contribution < 1.29 is 14.4 Å².